The van der Waals surface area contributed by atoms with E-state index in [-0.39, 0.29) is 6.61 Å². The minimum absolute atomic E-state index is 0.210. The van der Waals surface area contributed by atoms with E-state index in [1.165, 1.54) is 0 Å². The first-order valence-corrected chi connectivity index (χ1v) is 10.1. The highest BCUT2D eigenvalue weighted by Gasteiger charge is 2.22. The van der Waals surface area contributed by atoms with Gasteiger partial charge in [-0.1, -0.05) is 5.16 Å². The van der Waals surface area contributed by atoms with Crippen molar-refractivity contribution in [2.75, 3.05) is 20.2 Å². The molecule has 0 unspecified atom stereocenters. The van der Waals surface area contributed by atoms with E-state index >= 15 is 0 Å². The zero-order chi connectivity index (χ0) is 21.7. The summed E-state index contributed by atoms with van der Waals surface area (Å²) in [7, 11) is 1.55. The van der Waals surface area contributed by atoms with Gasteiger partial charge in [0.15, 0.2) is 17.1 Å². The number of fused-ring (bicyclic) bond motifs is 2. The van der Waals surface area contributed by atoms with E-state index in [0.29, 0.717) is 40.6 Å². The summed E-state index contributed by atoms with van der Waals surface area (Å²) in [6, 6.07) is 7.80. The third kappa shape index (κ3) is 3.03. The van der Waals surface area contributed by atoms with Crippen LogP contribution in [0.4, 0.5) is 0 Å². The molecule has 1 aliphatic rings. The Balaban J connectivity index is 1.29. The minimum atomic E-state index is 0.210. The molecule has 5 aromatic rings. The van der Waals surface area contributed by atoms with Crippen molar-refractivity contribution < 1.29 is 14.0 Å². The Morgan fingerprint density at radius 3 is 2.88 bits per heavy atom. The fourth-order valence-electron chi connectivity index (χ4n) is 3.61. The number of methoxy groups -OCH3 is 1. The summed E-state index contributed by atoms with van der Waals surface area (Å²) in [4.78, 5) is 4.68. The van der Waals surface area contributed by atoms with Crippen molar-refractivity contribution in [3.05, 3.63) is 41.9 Å². The molecule has 12 heteroatoms. The molecule has 0 amide bonds. The fraction of sp³-hybridized carbons (Fsp3) is 0.300. The standard InChI is InChI=1S/C20H19N9O3/c1-11-5-14(27-32-11)19-25-24-18-6-17(30-2)20(26-29(18)19)31-10-12-3-4-16-15(23-12)9-22-28(16)13-7-21-8-13/h3-6,9,13,21H,7-8,10H2,1-2H3. The largest absolute Gasteiger partial charge is 0.491 e. The average Bonchev–Trinajstić information content (AvgIpc) is 3.48. The summed E-state index contributed by atoms with van der Waals surface area (Å²) in [5.41, 5.74) is 3.63. The lowest BCUT2D eigenvalue weighted by atomic mass is 10.2. The van der Waals surface area contributed by atoms with E-state index in [2.05, 4.69) is 35.9 Å². The highest BCUT2D eigenvalue weighted by atomic mass is 16.5. The molecule has 0 radical (unpaired) electrons. The van der Waals surface area contributed by atoms with Gasteiger partial charge in [-0.3, -0.25) is 4.68 Å². The van der Waals surface area contributed by atoms with Gasteiger partial charge in [-0.05, 0) is 19.1 Å². The number of aromatic nitrogens is 8. The third-order valence-corrected chi connectivity index (χ3v) is 5.38. The maximum absolute atomic E-state index is 5.97. The van der Waals surface area contributed by atoms with Gasteiger partial charge < -0.3 is 19.3 Å². The van der Waals surface area contributed by atoms with Gasteiger partial charge >= 0.3 is 0 Å². The number of pyridine rings is 1. The number of hydrogen-bond donors (Lipinski definition) is 1. The summed E-state index contributed by atoms with van der Waals surface area (Å²) in [6.45, 7) is 3.87. The number of aryl methyl sites for hydroxylation is 1. The number of ether oxygens (including phenoxy) is 2. The monoisotopic (exact) mass is 433 g/mol. The summed E-state index contributed by atoms with van der Waals surface area (Å²) < 4.78 is 20.1. The predicted molar refractivity (Wildman–Crippen MR) is 111 cm³/mol. The molecule has 1 N–H and O–H groups in total. The van der Waals surface area contributed by atoms with Gasteiger partial charge in [0.25, 0.3) is 5.88 Å². The Morgan fingerprint density at radius 1 is 1.22 bits per heavy atom. The van der Waals surface area contributed by atoms with Gasteiger partial charge in [-0.15, -0.1) is 15.3 Å². The SMILES string of the molecule is COc1cc2nnc(-c3cc(C)on3)n2nc1OCc1ccc2c(cnn2C2CNC2)n1. The second-order valence-electron chi connectivity index (χ2n) is 7.53. The summed E-state index contributed by atoms with van der Waals surface area (Å²) in [5.74, 6) is 1.85. The number of nitrogens with zero attached hydrogens (tertiary/aromatic N) is 8. The molecule has 32 heavy (non-hydrogen) atoms. The Bertz CT molecular complexity index is 1430. The first-order valence-electron chi connectivity index (χ1n) is 10.1. The Kier molecular flexibility index (Phi) is 4.24. The molecule has 0 saturated carbocycles. The maximum atomic E-state index is 5.97. The van der Waals surface area contributed by atoms with Crippen LogP contribution in [-0.4, -0.2) is 59.9 Å². The van der Waals surface area contributed by atoms with E-state index < -0.39 is 0 Å². The van der Waals surface area contributed by atoms with Crippen molar-refractivity contribution >= 4 is 16.7 Å². The van der Waals surface area contributed by atoms with Crippen molar-refractivity contribution in [3.63, 3.8) is 0 Å². The fourth-order valence-corrected chi connectivity index (χ4v) is 3.61. The van der Waals surface area contributed by atoms with Gasteiger partial charge in [0, 0.05) is 25.2 Å². The molecule has 0 spiro atoms. The van der Waals surface area contributed by atoms with Gasteiger partial charge in [0.1, 0.15) is 17.9 Å². The summed E-state index contributed by atoms with van der Waals surface area (Å²) in [5, 5.41) is 24.6. The van der Waals surface area contributed by atoms with Gasteiger partial charge in [-0.25, -0.2) is 4.98 Å². The van der Waals surface area contributed by atoms with Crippen molar-refractivity contribution in [2.24, 2.45) is 0 Å². The second kappa shape index (κ2) is 7.27. The molecule has 12 nitrogen and oxygen atoms in total. The smallest absolute Gasteiger partial charge is 0.275 e. The summed E-state index contributed by atoms with van der Waals surface area (Å²) >= 11 is 0. The minimum Gasteiger partial charge on any atom is -0.491 e. The van der Waals surface area contributed by atoms with Crippen LogP contribution in [0.25, 0.3) is 28.2 Å². The third-order valence-electron chi connectivity index (χ3n) is 5.38. The van der Waals surface area contributed by atoms with Crippen LogP contribution in [0.15, 0.2) is 35.0 Å². The maximum Gasteiger partial charge on any atom is 0.275 e. The molecular formula is C20H19N9O3. The first-order chi connectivity index (χ1) is 15.7. The quantitative estimate of drug-likeness (QED) is 0.421. The average molecular weight is 433 g/mol. The van der Waals surface area contributed by atoms with Crippen molar-refractivity contribution in [1.29, 1.82) is 0 Å². The molecular weight excluding hydrogens is 414 g/mol. The van der Waals surface area contributed by atoms with Crippen molar-refractivity contribution in [2.45, 2.75) is 19.6 Å². The van der Waals surface area contributed by atoms with Crippen molar-refractivity contribution in [3.8, 4) is 23.1 Å². The Hall–Kier alpha value is -4.06. The van der Waals surface area contributed by atoms with Crippen LogP contribution >= 0.6 is 0 Å². The number of nitrogens with one attached hydrogen (secondary N) is 1. The molecule has 0 aromatic carbocycles. The second-order valence-corrected chi connectivity index (χ2v) is 7.53. The van der Waals surface area contributed by atoms with Crippen LogP contribution in [0.1, 0.15) is 17.5 Å². The molecule has 1 fully saturated rings. The molecule has 1 aliphatic heterocycles. The lowest BCUT2D eigenvalue weighted by molar-refractivity contribution is 0.264. The van der Waals surface area contributed by atoms with Crippen LogP contribution in [0, 0.1) is 6.92 Å². The predicted octanol–water partition coefficient (Wildman–Crippen LogP) is 1.56. The van der Waals surface area contributed by atoms with E-state index in [4.69, 9.17) is 14.0 Å². The molecule has 0 atom stereocenters. The zero-order valence-corrected chi connectivity index (χ0v) is 17.4. The van der Waals surface area contributed by atoms with E-state index in [9.17, 15) is 0 Å². The highest BCUT2D eigenvalue weighted by Crippen LogP contribution is 2.28. The highest BCUT2D eigenvalue weighted by molar-refractivity contribution is 5.74. The molecule has 0 aliphatic carbocycles. The van der Waals surface area contributed by atoms with Crippen LogP contribution < -0.4 is 14.8 Å². The van der Waals surface area contributed by atoms with Gasteiger partial charge in [0.05, 0.1) is 30.6 Å². The Morgan fingerprint density at radius 2 is 2.12 bits per heavy atom. The number of rotatable bonds is 6. The lowest BCUT2D eigenvalue weighted by Crippen LogP contribution is -2.43. The summed E-state index contributed by atoms with van der Waals surface area (Å²) in [6.07, 6.45) is 1.78. The molecule has 5 aromatic heterocycles. The van der Waals surface area contributed by atoms with Gasteiger partial charge in [-0.2, -0.15) is 9.61 Å². The van der Waals surface area contributed by atoms with Crippen LogP contribution in [-0.2, 0) is 6.61 Å². The van der Waals surface area contributed by atoms with Crippen molar-refractivity contribution in [1.82, 2.24) is 45.0 Å². The normalized spacial score (nSPS) is 14.2. The van der Waals surface area contributed by atoms with Crippen LogP contribution in [0.2, 0.25) is 0 Å². The van der Waals surface area contributed by atoms with Crippen LogP contribution in [0.3, 0.4) is 0 Å². The molecule has 162 valence electrons. The van der Waals surface area contributed by atoms with Gasteiger partial charge in [0.2, 0.25) is 5.82 Å². The lowest BCUT2D eigenvalue weighted by Gasteiger charge is -2.27. The molecule has 6 rings (SSSR count). The van der Waals surface area contributed by atoms with E-state index in [0.717, 1.165) is 29.8 Å². The van der Waals surface area contributed by atoms with Crippen LogP contribution in [0.5, 0.6) is 11.6 Å². The molecule has 1 saturated heterocycles. The topological polar surface area (TPSA) is 130 Å². The number of hydrogen-bond acceptors (Lipinski definition) is 10. The molecule has 0 bridgehead atoms. The zero-order valence-electron chi connectivity index (χ0n) is 17.4. The Labute approximate surface area is 181 Å². The molecule has 6 heterocycles. The van der Waals surface area contributed by atoms with E-state index in [1.807, 2.05) is 16.8 Å². The first kappa shape index (κ1) is 18.7. The van der Waals surface area contributed by atoms with E-state index in [1.54, 1.807) is 36.9 Å².